The predicted molar refractivity (Wildman–Crippen MR) is 69.5 cm³/mol. The lowest BCUT2D eigenvalue weighted by atomic mass is 10.3. The molecule has 1 unspecified atom stereocenters. The predicted octanol–water partition coefficient (Wildman–Crippen LogP) is -0.533. The first-order chi connectivity index (χ1) is 8.43. The summed E-state index contributed by atoms with van der Waals surface area (Å²) in [7, 11) is 3.39. The van der Waals surface area contributed by atoms with Crippen LogP contribution in [0.25, 0.3) is 0 Å². The molecule has 0 saturated carbocycles. The van der Waals surface area contributed by atoms with E-state index in [1.165, 1.54) is 4.90 Å². The summed E-state index contributed by atoms with van der Waals surface area (Å²) in [4.78, 5) is 12.7. The van der Waals surface area contributed by atoms with E-state index < -0.39 is 6.10 Å². The lowest BCUT2D eigenvalue weighted by Crippen LogP contribution is -2.38. The number of aliphatic hydroxyl groups is 1. The van der Waals surface area contributed by atoms with Crippen molar-refractivity contribution in [2.24, 2.45) is 0 Å². The van der Waals surface area contributed by atoms with E-state index in [0.29, 0.717) is 19.8 Å². The quantitative estimate of drug-likeness (QED) is 0.518. The first-order valence-corrected chi connectivity index (χ1v) is 6.21. The monoisotopic (exact) mass is 262 g/mol. The molecule has 0 spiro atoms. The molecule has 6 nitrogen and oxygen atoms in total. The van der Waals surface area contributed by atoms with Gasteiger partial charge in [0.15, 0.2) is 0 Å². The zero-order valence-electron chi connectivity index (χ0n) is 11.8. The molecule has 6 heteroatoms. The van der Waals surface area contributed by atoms with Crippen LogP contribution in [0, 0.1) is 0 Å². The maximum absolute atomic E-state index is 11.2. The molecule has 0 saturated heterocycles. The van der Waals surface area contributed by atoms with Crippen LogP contribution in [-0.4, -0.2) is 75.1 Å². The second-order valence-corrected chi connectivity index (χ2v) is 4.57. The summed E-state index contributed by atoms with van der Waals surface area (Å²) in [6.45, 7) is 5.71. The van der Waals surface area contributed by atoms with Crippen LogP contribution in [0.1, 0.15) is 13.8 Å². The van der Waals surface area contributed by atoms with Crippen LogP contribution in [0.4, 0.5) is 0 Å². The fourth-order valence-corrected chi connectivity index (χ4v) is 1.12. The standard InChI is InChI=1S/C12H26N2O4/c1-10(2)18-6-5-17-9-11(15)7-13-8-12(16)14(3)4/h10-11,13,15H,5-9H2,1-4H3. The maximum Gasteiger partial charge on any atom is 0.236 e. The van der Waals surface area contributed by atoms with Crippen LogP contribution in [-0.2, 0) is 14.3 Å². The summed E-state index contributed by atoms with van der Waals surface area (Å²) in [5, 5.41) is 12.4. The van der Waals surface area contributed by atoms with Gasteiger partial charge in [0, 0.05) is 20.6 Å². The molecule has 108 valence electrons. The first kappa shape index (κ1) is 17.3. The van der Waals surface area contributed by atoms with Gasteiger partial charge in [0.25, 0.3) is 0 Å². The Morgan fingerprint density at radius 3 is 2.56 bits per heavy atom. The van der Waals surface area contributed by atoms with Crippen molar-refractivity contribution in [1.29, 1.82) is 0 Å². The summed E-state index contributed by atoms with van der Waals surface area (Å²) >= 11 is 0. The smallest absolute Gasteiger partial charge is 0.236 e. The molecular formula is C12H26N2O4. The highest BCUT2D eigenvalue weighted by molar-refractivity contribution is 5.77. The van der Waals surface area contributed by atoms with Gasteiger partial charge >= 0.3 is 0 Å². The molecule has 0 aliphatic heterocycles. The van der Waals surface area contributed by atoms with E-state index in [2.05, 4.69) is 5.32 Å². The van der Waals surface area contributed by atoms with Crippen molar-refractivity contribution in [3.8, 4) is 0 Å². The summed E-state index contributed by atoms with van der Waals surface area (Å²) in [6.07, 6.45) is -0.420. The second kappa shape index (κ2) is 10.3. The molecule has 18 heavy (non-hydrogen) atoms. The van der Waals surface area contributed by atoms with Gasteiger partial charge in [0.1, 0.15) is 0 Å². The van der Waals surface area contributed by atoms with Crippen LogP contribution in [0.3, 0.4) is 0 Å². The largest absolute Gasteiger partial charge is 0.389 e. The third-order valence-electron chi connectivity index (χ3n) is 2.14. The molecule has 0 fully saturated rings. The fourth-order valence-electron chi connectivity index (χ4n) is 1.12. The lowest BCUT2D eigenvalue weighted by molar-refractivity contribution is -0.127. The number of carbonyl (C=O) groups is 1. The molecule has 0 aliphatic carbocycles. The van der Waals surface area contributed by atoms with Gasteiger partial charge in [0.05, 0.1) is 38.6 Å². The van der Waals surface area contributed by atoms with Crippen LogP contribution >= 0.6 is 0 Å². The van der Waals surface area contributed by atoms with Gasteiger partial charge in [0.2, 0.25) is 5.91 Å². The molecule has 1 amide bonds. The van der Waals surface area contributed by atoms with Gasteiger partial charge in [-0.2, -0.15) is 0 Å². The Balaban J connectivity index is 3.37. The average Bonchev–Trinajstić information content (AvgIpc) is 2.27. The van der Waals surface area contributed by atoms with Gasteiger partial charge < -0.3 is 24.8 Å². The molecule has 0 aromatic heterocycles. The summed E-state index contributed by atoms with van der Waals surface area (Å²) in [5.74, 6) is -0.0200. The van der Waals surface area contributed by atoms with E-state index in [-0.39, 0.29) is 25.2 Å². The van der Waals surface area contributed by atoms with Gasteiger partial charge in [-0.05, 0) is 13.8 Å². The number of carbonyl (C=O) groups excluding carboxylic acids is 1. The molecule has 0 heterocycles. The Morgan fingerprint density at radius 2 is 2.00 bits per heavy atom. The molecule has 0 rings (SSSR count). The highest BCUT2D eigenvalue weighted by atomic mass is 16.5. The maximum atomic E-state index is 11.2. The van der Waals surface area contributed by atoms with Crippen molar-refractivity contribution in [3.05, 3.63) is 0 Å². The van der Waals surface area contributed by atoms with Crippen molar-refractivity contribution in [3.63, 3.8) is 0 Å². The Morgan fingerprint density at radius 1 is 1.33 bits per heavy atom. The first-order valence-electron chi connectivity index (χ1n) is 6.21. The minimum atomic E-state index is -0.612. The minimum absolute atomic E-state index is 0.0200. The van der Waals surface area contributed by atoms with Crippen LogP contribution in [0.2, 0.25) is 0 Å². The SMILES string of the molecule is CC(C)OCCOCC(O)CNCC(=O)N(C)C. The molecular weight excluding hydrogens is 236 g/mol. The van der Waals surface area contributed by atoms with Gasteiger partial charge in [-0.15, -0.1) is 0 Å². The molecule has 0 radical (unpaired) electrons. The Kier molecular flexibility index (Phi) is 9.86. The molecule has 0 aromatic rings. The summed E-state index contributed by atoms with van der Waals surface area (Å²) < 4.78 is 10.5. The normalized spacial score (nSPS) is 12.8. The highest BCUT2D eigenvalue weighted by Crippen LogP contribution is 1.89. The summed E-state index contributed by atoms with van der Waals surface area (Å²) in [6, 6.07) is 0. The number of nitrogens with one attached hydrogen (secondary N) is 1. The van der Waals surface area contributed by atoms with Gasteiger partial charge in [-0.3, -0.25) is 4.79 Å². The van der Waals surface area contributed by atoms with Gasteiger partial charge in [-0.1, -0.05) is 0 Å². The van der Waals surface area contributed by atoms with Crippen molar-refractivity contribution >= 4 is 5.91 Å². The Bertz CT molecular complexity index is 222. The van der Waals surface area contributed by atoms with Crippen molar-refractivity contribution in [2.45, 2.75) is 26.1 Å². The number of ether oxygens (including phenoxy) is 2. The number of rotatable bonds is 10. The second-order valence-electron chi connectivity index (χ2n) is 4.57. The number of amides is 1. The lowest BCUT2D eigenvalue weighted by Gasteiger charge is -2.14. The number of nitrogens with zero attached hydrogens (tertiary/aromatic N) is 1. The average molecular weight is 262 g/mol. The van der Waals surface area contributed by atoms with E-state index >= 15 is 0 Å². The third kappa shape index (κ3) is 10.5. The van der Waals surface area contributed by atoms with Crippen molar-refractivity contribution in [1.82, 2.24) is 10.2 Å². The molecule has 0 aromatic carbocycles. The zero-order chi connectivity index (χ0) is 14.0. The summed E-state index contributed by atoms with van der Waals surface area (Å²) in [5.41, 5.74) is 0. The molecule has 0 aliphatic rings. The van der Waals surface area contributed by atoms with Crippen LogP contribution in [0.15, 0.2) is 0 Å². The Labute approximate surface area is 109 Å². The minimum Gasteiger partial charge on any atom is -0.389 e. The van der Waals surface area contributed by atoms with E-state index in [4.69, 9.17) is 9.47 Å². The van der Waals surface area contributed by atoms with Crippen molar-refractivity contribution < 1.29 is 19.4 Å². The number of hydrogen-bond acceptors (Lipinski definition) is 5. The zero-order valence-corrected chi connectivity index (χ0v) is 11.8. The van der Waals surface area contributed by atoms with E-state index in [0.717, 1.165) is 0 Å². The van der Waals surface area contributed by atoms with Crippen LogP contribution in [0.5, 0.6) is 0 Å². The van der Waals surface area contributed by atoms with E-state index in [1.807, 2.05) is 13.8 Å². The third-order valence-corrected chi connectivity index (χ3v) is 2.14. The topological polar surface area (TPSA) is 71.0 Å². The highest BCUT2D eigenvalue weighted by Gasteiger charge is 2.07. The number of aliphatic hydroxyl groups excluding tert-OH is 1. The Hall–Kier alpha value is -0.690. The van der Waals surface area contributed by atoms with Crippen molar-refractivity contribution in [2.75, 3.05) is 47.0 Å². The number of likely N-dealkylation sites (N-methyl/N-ethyl adjacent to an activating group) is 1. The number of hydrogen-bond donors (Lipinski definition) is 2. The molecule has 1 atom stereocenters. The van der Waals surface area contributed by atoms with Gasteiger partial charge in [-0.25, -0.2) is 0 Å². The van der Waals surface area contributed by atoms with E-state index in [9.17, 15) is 9.90 Å². The van der Waals surface area contributed by atoms with Crippen LogP contribution < -0.4 is 5.32 Å². The molecule has 0 bridgehead atoms. The van der Waals surface area contributed by atoms with E-state index in [1.54, 1.807) is 14.1 Å². The fraction of sp³-hybridized carbons (Fsp3) is 0.917. The molecule has 2 N–H and O–H groups in total.